The van der Waals surface area contributed by atoms with Crippen LogP contribution in [-0.2, 0) is 10.0 Å². The molecule has 1 fully saturated rings. The number of sulfonamides is 1. The molecule has 2 aromatic rings. The molecule has 0 amide bonds. The number of hydrogen-bond donors (Lipinski definition) is 1. The van der Waals surface area contributed by atoms with Crippen molar-refractivity contribution in [2.75, 3.05) is 26.2 Å². The molecule has 1 aromatic heterocycles. The average Bonchev–Trinajstić information content (AvgIpc) is 2.47. The van der Waals surface area contributed by atoms with Crippen LogP contribution in [0.3, 0.4) is 0 Å². The molecule has 2 heterocycles. The fourth-order valence-electron chi connectivity index (χ4n) is 2.26. The molecule has 1 saturated heterocycles. The van der Waals surface area contributed by atoms with Gasteiger partial charge in [0, 0.05) is 44.0 Å². The molecule has 1 aliphatic heterocycles. The van der Waals surface area contributed by atoms with Crippen LogP contribution in [-0.4, -0.2) is 43.9 Å². The molecule has 0 saturated carbocycles. The van der Waals surface area contributed by atoms with Gasteiger partial charge in [0.05, 0.1) is 4.90 Å². The van der Waals surface area contributed by atoms with Gasteiger partial charge >= 0.3 is 0 Å². The summed E-state index contributed by atoms with van der Waals surface area (Å²) in [6.07, 6.45) is 3.40. The highest BCUT2D eigenvalue weighted by molar-refractivity contribution is 7.89. The summed E-state index contributed by atoms with van der Waals surface area (Å²) in [5, 5.41) is 4.99. The maximum atomic E-state index is 12.5. The van der Waals surface area contributed by atoms with E-state index in [1.165, 1.54) is 4.31 Å². The average molecular weight is 277 g/mol. The minimum Gasteiger partial charge on any atom is -0.314 e. The van der Waals surface area contributed by atoms with Crippen LogP contribution in [0.25, 0.3) is 10.8 Å². The first-order chi connectivity index (χ1) is 9.18. The largest absolute Gasteiger partial charge is 0.314 e. The first-order valence-electron chi connectivity index (χ1n) is 6.22. The van der Waals surface area contributed by atoms with Gasteiger partial charge in [-0.2, -0.15) is 4.31 Å². The number of fused-ring (bicyclic) bond motifs is 1. The Morgan fingerprint density at radius 1 is 1.11 bits per heavy atom. The Hall–Kier alpha value is -1.50. The standard InChI is InChI=1S/C13H15N3O2S/c17-19(18,16-7-5-14-6-8-16)13-2-1-12-10-15-4-3-11(12)9-13/h1-4,9-10,14H,5-8H2. The zero-order valence-corrected chi connectivity index (χ0v) is 11.2. The third kappa shape index (κ3) is 2.34. The van der Waals surface area contributed by atoms with Gasteiger partial charge < -0.3 is 5.32 Å². The Morgan fingerprint density at radius 2 is 1.89 bits per heavy atom. The van der Waals surface area contributed by atoms with E-state index in [9.17, 15) is 8.42 Å². The topological polar surface area (TPSA) is 62.3 Å². The first kappa shape index (κ1) is 12.5. The van der Waals surface area contributed by atoms with Gasteiger partial charge in [0.1, 0.15) is 0 Å². The van der Waals surface area contributed by atoms with Crippen molar-refractivity contribution in [1.82, 2.24) is 14.6 Å². The van der Waals surface area contributed by atoms with Crippen LogP contribution in [0.4, 0.5) is 0 Å². The predicted octanol–water partition coefficient (Wildman–Crippen LogP) is 0.829. The molecule has 3 rings (SSSR count). The van der Waals surface area contributed by atoms with Crippen LogP contribution in [0.15, 0.2) is 41.6 Å². The summed E-state index contributed by atoms with van der Waals surface area (Å²) in [7, 11) is -3.38. The lowest BCUT2D eigenvalue weighted by atomic mass is 10.2. The van der Waals surface area contributed by atoms with Crippen molar-refractivity contribution in [3.63, 3.8) is 0 Å². The number of nitrogens with zero attached hydrogens (tertiary/aromatic N) is 2. The number of pyridine rings is 1. The van der Waals surface area contributed by atoms with Crippen LogP contribution < -0.4 is 5.32 Å². The highest BCUT2D eigenvalue weighted by Gasteiger charge is 2.25. The number of piperazine rings is 1. The second kappa shape index (κ2) is 4.88. The van der Waals surface area contributed by atoms with Gasteiger partial charge in [0.2, 0.25) is 10.0 Å². The fourth-order valence-corrected chi connectivity index (χ4v) is 3.73. The highest BCUT2D eigenvalue weighted by atomic mass is 32.2. The number of benzene rings is 1. The molecule has 0 unspecified atom stereocenters. The summed E-state index contributed by atoms with van der Waals surface area (Å²) in [6.45, 7) is 2.46. The Kier molecular flexibility index (Phi) is 3.22. The maximum absolute atomic E-state index is 12.5. The van der Waals surface area contributed by atoms with E-state index in [1.807, 2.05) is 6.07 Å². The van der Waals surface area contributed by atoms with Crippen molar-refractivity contribution in [3.8, 4) is 0 Å². The minimum absolute atomic E-state index is 0.355. The lowest BCUT2D eigenvalue weighted by molar-refractivity contribution is 0.360. The summed E-state index contributed by atoms with van der Waals surface area (Å²) in [5.41, 5.74) is 0. The summed E-state index contributed by atoms with van der Waals surface area (Å²) < 4.78 is 26.6. The zero-order valence-electron chi connectivity index (χ0n) is 10.4. The molecule has 0 atom stereocenters. The first-order valence-corrected chi connectivity index (χ1v) is 7.66. The molecule has 0 radical (unpaired) electrons. The van der Waals surface area contributed by atoms with Crippen LogP contribution in [0, 0.1) is 0 Å². The lowest BCUT2D eigenvalue weighted by Gasteiger charge is -2.26. The van der Waals surface area contributed by atoms with Gasteiger partial charge in [-0.3, -0.25) is 4.98 Å². The Labute approximate surface area is 112 Å². The SMILES string of the molecule is O=S(=O)(c1ccc2cnccc2c1)N1CCNCC1. The Morgan fingerprint density at radius 3 is 2.68 bits per heavy atom. The molecule has 1 N–H and O–H groups in total. The van der Waals surface area contributed by atoms with Gasteiger partial charge in [-0.05, 0) is 23.6 Å². The fraction of sp³-hybridized carbons (Fsp3) is 0.308. The molecular formula is C13H15N3O2S. The van der Waals surface area contributed by atoms with E-state index in [-0.39, 0.29) is 0 Å². The second-order valence-electron chi connectivity index (χ2n) is 4.54. The number of rotatable bonds is 2. The van der Waals surface area contributed by atoms with E-state index >= 15 is 0 Å². The lowest BCUT2D eigenvalue weighted by Crippen LogP contribution is -2.46. The van der Waals surface area contributed by atoms with Gasteiger partial charge in [0.15, 0.2) is 0 Å². The summed E-state index contributed by atoms with van der Waals surface area (Å²) in [6, 6.07) is 7.00. The summed E-state index contributed by atoms with van der Waals surface area (Å²) >= 11 is 0. The van der Waals surface area contributed by atoms with Crippen molar-refractivity contribution in [2.24, 2.45) is 0 Å². The van der Waals surface area contributed by atoms with Crippen LogP contribution in [0.2, 0.25) is 0 Å². The van der Waals surface area contributed by atoms with Crippen LogP contribution in [0.5, 0.6) is 0 Å². The summed E-state index contributed by atoms with van der Waals surface area (Å²) in [5.74, 6) is 0. The third-order valence-corrected chi connectivity index (χ3v) is 5.22. The Bertz CT molecular complexity index is 694. The van der Waals surface area contributed by atoms with E-state index in [2.05, 4.69) is 10.3 Å². The number of aromatic nitrogens is 1. The smallest absolute Gasteiger partial charge is 0.243 e. The van der Waals surface area contributed by atoms with Gasteiger partial charge in [0.25, 0.3) is 0 Å². The van der Waals surface area contributed by atoms with E-state index in [1.54, 1.807) is 30.6 Å². The van der Waals surface area contributed by atoms with Gasteiger partial charge in [-0.15, -0.1) is 0 Å². The van der Waals surface area contributed by atoms with Gasteiger partial charge in [-0.1, -0.05) is 6.07 Å². The summed E-state index contributed by atoms with van der Waals surface area (Å²) in [4.78, 5) is 4.38. The molecular weight excluding hydrogens is 262 g/mol. The van der Waals surface area contributed by atoms with Crippen molar-refractivity contribution in [3.05, 3.63) is 36.7 Å². The number of hydrogen-bond acceptors (Lipinski definition) is 4. The van der Waals surface area contributed by atoms with Crippen molar-refractivity contribution in [2.45, 2.75) is 4.90 Å². The molecule has 0 bridgehead atoms. The zero-order chi connectivity index (χ0) is 13.3. The maximum Gasteiger partial charge on any atom is 0.243 e. The Balaban J connectivity index is 2.02. The van der Waals surface area contributed by atoms with Crippen molar-refractivity contribution >= 4 is 20.8 Å². The monoisotopic (exact) mass is 277 g/mol. The molecule has 0 aliphatic carbocycles. The highest BCUT2D eigenvalue weighted by Crippen LogP contribution is 2.21. The van der Waals surface area contributed by atoms with Crippen LogP contribution in [0.1, 0.15) is 0 Å². The molecule has 6 heteroatoms. The van der Waals surface area contributed by atoms with Crippen LogP contribution >= 0.6 is 0 Å². The molecule has 1 aromatic carbocycles. The third-order valence-electron chi connectivity index (χ3n) is 3.33. The quantitative estimate of drug-likeness (QED) is 0.883. The van der Waals surface area contributed by atoms with E-state index in [4.69, 9.17) is 0 Å². The predicted molar refractivity (Wildman–Crippen MR) is 73.4 cm³/mol. The van der Waals surface area contributed by atoms with Crippen molar-refractivity contribution in [1.29, 1.82) is 0 Å². The molecule has 5 nitrogen and oxygen atoms in total. The molecule has 19 heavy (non-hydrogen) atoms. The number of nitrogens with one attached hydrogen (secondary N) is 1. The van der Waals surface area contributed by atoms with Crippen molar-refractivity contribution < 1.29 is 8.42 Å². The normalized spacial score (nSPS) is 17.7. The second-order valence-corrected chi connectivity index (χ2v) is 6.48. The van der Waals surface area contributed by atoms with E-state index < -0.39 is 10.0 Å². The molecule has 0 spiro atoms. The minimum atomic E-state index is -3.38. The van der Waals surface area contributed by atoms with E-state index in [0.29, 0.717) is 31.1 Å². The molecule has 100 valence electrons. The van der Waals surface area contributed by atoms with E-state index in [0.717, 1.165) is 10.8 Å². The molecule has 1 aliphatic rings. The van der Waals surface area contributed by atoms with Gasteiger partial charge in [-0.25, -0.2) is 8.42 Å².